The van der Waals surface area contributed by atoms with Gasteiger partial charge in [-0.3, -0.25) is 13.9 Å². The average Bonchev–Trinajstić information content (AvgIpc) is 3.05. The van der Waals surface area contributed by atoms with Crippen molar-refractivity contribution in [3.8, 4) is 11.5 Å². The van der Waals surface area contributed by atoms with E-state index in [2.05, 4.69) is 21.2 Å². The van der Waals surface area contributed by atoms with E-state index in [1.165, 1.54) is 49.5 Å². The van der Waals surface area contributed by atoms with Gasteiger partial charge in [0, 0.05) is 30.0 Å². The standard InChI is InChI=1S/C34H35BrFN3O6S/c1-4-37-34(41)30(20-24-9-6-5-7-10-24)38(22-25-11-8-12-26(35)19-25)33(40)23-39(28-15-13-27(36)14-16-28)46(42,43)29-17-18-31(44-2)32(21-29)45-3/h5-19,21,30H,4,20,22-23H2,1-3H3,(H,37,41)/t30-/m1/s1. The van der Waals surface area contributed by atoms with Crippen LogP contribution in [0.15, 0.2) is 106 Å². The van der Waals surface area contributed by atoms with Crippen molar-refractivity contribution >= 4 is 43.5 Å². The van der Waals surface area contributed by atoms with Crippen molar-refractivity contribution in [2.24, 2.45) is 0 Å². The van der Waals surface area contributed by atoms with Gasteiger partial charge in [-0.25, -0.2) is 12.8 Å². The zero-order chi connectivity index (χ0) is 33.3. The molecule has 0 fully saturated rings. The summed E-state index contributed by atoms with van der Waals surface area (Å²) in [6.45, 7) is 1.45. The zero-order valence-corrected chi connectivity index (χ0v) is 28.1. The van der Waals surface area contributed by atoms with Gasteiger partial charge in [0.05, 0.1) is 24.8 Å². The molecule has 0 unspecified atom stereocenters. The molecule has 9 nitrogen and oxygen atoms in total. The van der Waals surface area contributed by atoms with Gasteiger partial charge in [0.15, 0.2) is 11.5 Å². The molecule has 0 aliphatic heterocycles. The van der Waals surface area contributed by atoms with Crippen LogP contribution in [0.4, 0.5) is 10.1 Å². The normalized spacial score (nSPS) is 11.8. The van der Waals surface area contributed by atoms with E-state index in [0.717, 1.165) is 32.0 Å². The maximum absolute atomic E-state index is 14.4. The fourth-order valence-corrected chi connectivity index (χ4v) is 6.80. The molecule has 0 saturated heterocycles. The molecule has 46 heavy (non-hydrogen) atoms. The zero-order valence-electron chi connectivity index (χ0n) is 25.7. The molecule has 0 radical (unpaired) electrons. The number of amides is 2. The molecule has 242 valence electrons. The van der Waals surface area contributed by atoms with Crippen molar-refractivity contribution in [3.05, 3.63) is 118 Å². The summed E-state index contributed by atoms with van der Waals surface area (Å²) in [5.41, 5.74) is 1.60. The number of carbonyl (C=O) groups is 2. The third kappa shape index (κ3) is 8.43. The van der Waals surface area contributed by atoms with Crippen molar-refractivity contribution in [1.29, 1.82) is 0 Å². The van der Waals surface area contributed by atoms with E-state index in [1.807, 2.05) is 54.6 Å². The molecule has 0 aliphatic carbocycles. The Morgan fingerprint density at radius 1 is 0.870 bits per heavy atom. The summed E-state index contributed by atoms with van der Waals surface area (Å²) >= 11 is 3.46. The highest BCUT2D eigenvalue weighted by atomic mass is 79.9. The van der Waals surface area contributed by atoms with Crippen LogP contribution in [0.5, 0.6) is 11.5 Å². The van der Waals surface area contributed by atoms with E-state index in [1.54, 1.807) is 6.92 Å². The van der Waals surface area contributed by atoms with Crippen LogP contribution < -0.4 is 19.1 Å². The van der Waals surface area contributed by atoms with Crippen LogP contribution >= 0.6 is 15.9 Å². The number of methoxy groups -OCH3 is 2. The number of nitrogens with one attached hydrogen (secondary N) is 1. The second-order valence-electron chi connectivity index (χ2n) is 10.3. The van der Waals surface area contributed by atoms with Crippen molar-refractivity contribution in [2.75, 3.05) is 31.6 Å². The van der Waals surface area contributed by atoms with E-state index < -0.39 is 34.3 Å². The minimum absolute atomic E-state index is 0.0145. The number of halogens is 2. The summed E-state index contributed by atoms with van der Waals surface area (Å²) in [6.07, 6.45) is 0.186. The lowest BCUT2D eigenvalue weighted by Crippen LogP contribution is -2.53. The second-order valence-corrected chi connectivity index (χ2v) is 13.0. The van der Waals surface area contributed by atoms with Gasteiger partial charge in [0.25, 0.3) is 10.0 Å². The summed E-state index contributed by atoms with van der Waals surface area (Å²) in [4.78, 5) is 29.2. The number of ether oxygens (including phenoxy) is 2. The molecule has 0 bridgehead atoms. The highest BCUT2D eigenvalue weighted by Gasteiger charge is 2.35. The lowest BCUT2D eigenvalue weighted by molar-refractivity contribution is -0.140. The molecule has 4 aromatic carbocycles. The van der Waals surface area contributed by atoms with Crippen molar-refractivity contribution in [1.82, 2.24) is 10.2 Å². The fraction of sp³-hybridized carbons (Fsp3) is 0.235. The summed E-state index contributed by atoms with van der Waals surface area (Å²) in [5, 5.41) is 2.83. The highest BCUT2D eigenvalue weighted by Crippen LogP contribution is 2.32. The molecule has 0 saturated carbocycles. The Labute approximate surface area is 277 Å². The molecule has 1 atom stereocenters. The molecular weight excluding hydrogens is 677 g/mol. The number of hydrogen-bond acceptors (Lipinski definition) is 6. The molecule has 0 aromatic heterocycles. The first-order chi connectivity index (χ1) is 22.1. The monoisotopic (exact) mass is 711 g/mol. The third-order valence-corrected chi connectivity index (χ3v) is 9.46. The summed E-state index contributed by atoms with van der Waals surface area (Å²) in [5.74, 6) is -1.11. The van der Waals surface area contributed by atoms with Crippen molar-refractivity contribution in [3.63, 3.8) is 0 Å². The van der Waals surface area contributed by atoms with Gasteiger partial charge >= 0.3 is 0 Å². The van der Waals surface area contributed by atoms with Gasteiger partial charge in [-0.2, -0.15) is 0 Å². The molecule has 0 spiro atoms. The van der Waals surface area contributed by atoms with E-state index in [-0.39, 0.29) is 35.2 Å². The summed E-state index contributed by atoms with van der Waals surface area (Å²) < 4.78 is 54.7. The van der Waals surface area contributed by atoms with Crippen LogP contribution in [0, 0.1) is 5.82 Å². The fourth-order valence-electron chi connectivity index (χ4n) is 4.92. The topological polar surface area (TPSA) is 105 Å². The number of rotatable bonds is 14. The molecule has 2 amide bonds. The number of carbonyl (C=O) groups excluding carboxylic acids is 2. The van der Waals surface area contributed by atoms with E-state index in [9.17, 15) is 22.4 Å². The van der Waals surface area contributed by atoms with Gasteiger partial charge in [-0.05, 0) is 66.6 Å². The van der Waals surface area contributed by atoms with Crippen LogP contribution in [-0.4, -0.2) is 58.5 Å². The molecule has 4 rings (SSSR count). The highest BCUT2D eigenvalue weighted by molar-refractivity contribution is 9.10. The van der Waals surface area contributed by atoms with Gasteiger partial charge < -0.3 is 19.7 Å². The Morgan fingerprint density at radius 3 is 2.17 bits per heavy atom. The third-order valence-electron chi connectivity index (χ3n) is 7.20. The predicted molar refractivity (Wildman–Crippen MR) is 178 cm³/mol. The number of benzene rings is 4. The SMILES string of the molecule is CCNC(=O)[C@@H](Cc1ccccc1)N(Cc1cccc(Br)c1)C(=O)CN(c1ccc(F)cc1)S(=O)(=O)c1ccc(OC)c(OC)c1. The maximum atomic E-state index is 14.4. The minimum atomic E-state index is -4.43. The molecule has 12 heteroatoms. The number of anilines is 1. The molecule has 0 aliphatic rings. The Morgan fingerprint density at radius 2 is 1.54 bits per heavy atom. The first-order valence-electron chi connectivity index (χ1n) is 14.4. The molecular formula is C34H35BrFN3O6S. The first-order valence-corrected chi connectivity index (χ1v) is 16.7. The number of sulfonamides is 1. The minimum Gasteiger partial charge on any atom is -0.493 e. The van der Waals surface area contributed by atoms with Crippen LogP contribution in [0.25, 0.3) is 0 Å². The van der Waals surface area contributed by atoms with Crippen LogP contribution in [0.1, 0.15) is 18.1 Å². The van der Waals surface area contributed by atoms with Crippen molar-refractivity contribution in [2.45, 2.75) is 30.8 Å². The van der Waals surface area contributed by atoms with E-state index in [0.29, 0.717) is 12.3 Å². The Balaban J connectivity index is 1.82. The molecule has 1 N–H and O–H groups in total. The average molecular weight is 713 g/mol. The largest absolute Gasteiger partial charge is 0.493 e. The van der Waals surface area contributed by atoms with E-state index >= 15 is 0 Å². The maximum Gasteiger partial charge on any atom is 0.264 e. The van der Waals surface area contributed by atoms with Crippen molar-refractivity contribution < 1.29 is 31.9 Å². The Hall–Kier alpha value is -4.42. The van der Waals surface area contributed by atoms with Gasteiger partial charge in [-0.1, -0.05) is 58.4 Å². The Kier molecular flexibility index (Phi) is 11.8. The first kappa shape index (κ1) is 34.5. The van der Waals surface area contributed by atoms with Crippen LogP contribution in [0.2, 0.25) is 0 Å². The van der Waals surface area contributed by atoms with E-state index in [4.69, 9.17) is 9.47 Å². The smallest absolute Gasteiger partial charge is 0.264 e. The van der Waals surface area contributed by atoms with Gasteiger partial charge in [0.1, 0.15) is 18.4 Å². The second kappa shape index (κ2) is 15.7. The lowest BCUT2D eigenvalue weighted by Gasteiger charge is -2.34. The summed E-state index contributed by atoms with van der Waals surface area (Å²) in [7, 11) is -1.62. The summed E-state index contributed by atoms with van der Waals surface area (Å²) in [6, 6.07) is 24.5. The predicted octanol–water partition coefficient (Wildman–Crippen LogP) is 5.58. The van der Waals surface area contributed by atoms with Gasteiger partial charge in [0.2, 0.25) is 11.8 Å². The lowest BCUT2D eigenvalue weighted by atomic mass is 10.0. The Bertz CT molecular complexity index is 1760. The van der Waals surface area contributed by atoms with Gasteiger partial charge in [-0.15, -0.1) is 0 Å². The number of likely N-dealkylation sites (N-methyl/N-ethyl adjacent to an activating group) is 1. The van der Waals surface area contributed by atoms with Crippen LogP contribution in [0.3, 0.4) is 0 Å². The number of hydrogen-bond donors (Lipinski definition) is 1. The number of nitrogens with zero attached hydrogens (tertiary/aromatic N) is 2. The molecule has 0 heterocycles. The van der Waals surface area contributed by atoms with Crippen LogP contribution in [-0.2, 0) is 32.6 Å². The molecule has 4 aromatic rings. The quantitative estimate of drug-likeness (QED) is 0.183.